The van der Waals surface area contributed by atoms with Gasteiger partial charge in [0.25, 0.3) is 5.56 Å². The van der Waals surface area contributed by atoms with Gasteiger partial charge in [0.2, 0.25) is 0 Å². The van der Waals surface area contributed by atoms with Crippen LogP contribution in [0.15, 0.2) is 23.1 Å². The second kappa shape index (κ2) is 4.40. The fourth-order valence-electron chi connectivity index (χ4n) is 1.79. The van der Waals surface area contributed by atoms with Crippen LogP contribution in [0.1, 0.15) is 16.8 Å². The van der Waals surface area contributed by atoms with Crippen molar-refractivity contribution in [3.05, 3.63) is 34.2 Å². The van der Waals surface area contributed by atoms with Gasteiger partial charge in [0.1, 0.15) is 0 Å². The van der Waals surface area contributed by atoms with Crippen LogP contribution in [0.25, 0.3) is 0 Å². The quantitative estimate of drug-likeness (QED) is 0.685. The van der Waals surface area contributed by atoms with Crippen LogP contribution in [-0.2, 0) is 11.3 Å². The lowest BCUT2D eigenvalue weighted by Crippen LogP contribution is -2.26. The molecule has 0 amide bonds. The molecule has 80 valence electrons. The summed E-state index contributed by atoms with van der Waals surface area (Å²) in [7, 11) is 0. The molecule has 4 nitrogen and oxygen atoms in total. The van der Waals surface area contributed by atoms with E-state index in [0.29, 0.717) is 25.4 Å². The summed E-state index contributed by atoms with van der Waals surface area (Å²) in [5.41, 5.74) is 0.0100. The molecule has 1 atom stereocenters. The van der Waals surface area contributed by atoms with E-state index in [2.05, 4.69) is 0 Å². The van der Waals surface area contributed by atoms with Crippen molar-refractivity contribution in [3.63, 3.8) is 0 Å². The van der Waals surface area contributed by atoms with Crippen LogP contribution in [0.4, 0.5) is 0 Å². The van der Waals surface area contributed by atoms with Gasteiger partial charge in [-0.05, 0) is 18.6 Å². The van der Waals surface area contributed by atoms with Crippen molar-refractivity contribution in [1.82, 2.24) is 4.57 Å². The number of ether oxygens (including phenoxy) is 1. The van der Waals surface area contributed by atoms with Gasteiger partial charge in [-0.1, -0.05) is 0 Å². The van der Waals surface area contributed by atoms with Gasteiger partial charge in [0, 0.05) is 25.3 Å². The highest BCUT2D eigenvalue weighted by Crippen LogP contribution is 2.13. The molecule has 1 fully saturated rings. The molecule has 1 aromatic heterocycles. The van der Waals surface area contributed by atoms with E-state index >= 15 is 0 Å². The van der Waals surface area contributed by atoms with Crippen LogP contribution in [-0.4, -0.2) is 24.1 Å². The second-order valence-electron chi connectivity index (χ2n) is 3.77. The topological polar surface area (TPSA) is 48.3 Å². The first kappa shape index (κ1) is 10.1. The number of aromatic nitrogens is 1. The van der Waals surface area contributed by atoms with Gasteiger partial charge < -0.3 is 9.30 Å². The molecule has 0 unspecified atom stereocenters. The van der Waals surface area contributed by atoms with E-state index in [1.165, 1.54) is 6.07 Å². The maximum Gasteiger partial charge on any atom is 0.261 e. The zero-order chi connectivity index (χ0) is 10.7. The number of hydrogen-bond acceptors (Lipinski definition) is 3. The largest absolute Gasteiger partial charge is 0.381 e. The Labute approximate surface area is 87.5 Å². The van der Waals surface area contributed by atoms with Crippen molar-refractivity contribution < 1.29 is 9.53 Å². The van der Waals surface area contributed by atoms with Crippen LogP contribution >= 0.6 is 0 Å². The minimum Gasteiger partial charge on any atom is -0.381 e. The van der Waals surface area contributed by atoms with Gasteiger partial charge in [0.05, 0.1) is 12.2 Å². The highest BCUT2D eigenvalue weighted by Gasteiger charge is 2.16. The van der Waals surface area contributed by atoms with Crippen molar-refractivity contribution in [3.8, 4) is 0 Å². The Morgan fingerprint density at radius 3 is 3.13 bits per heavy atom. The van der Waals surface area contributed by atoms with Crippen LogP contribution in [0.3, 0.4) is 0 Å². The Hall–Kier alpha value is -1.42. The van der Waals surface area contributed by atoms with Crippen LogP contribution in [0.5, 0.6) is 0 Å². The zero-order valence-corrected chi connectivity index (χ0v) is 8.39. The number of nitrogens with zero attached hydrogens (tertiary/aromatic N) is 1. The molecule has 1 aliphatic heterocycles. The Bertz CT molecular complexity index is 405. The van der Waals surface area contributed by atoms with Gasteiger partial charge in [-0.2, -0.15) is 0 Å². The summed E-state index contributed by atoms with van der Waals surface area (Å²) in [6.45, 7) is 2.12. The van der Waals surface area contributed by atoms with E-state index in [1.807, 2.05) is 0 Å². The standard InChI is InChI=1S/C11H13NO3/c13-7-10-2-1-4-12(11(10)14)6-9-3-5-15-8-9/h1-2,4,7,9H,3,5-6,8H2/t9-/m1/s1. The fourth-order valence-corrected chi connectivity index (χ4v) is 1.79. The van der Waals surface area contributed by atoms with Crippen LogP contribution in [0, 0.1) is 5.92 Å². The summed E-state index contributed by atoms with van der Waals surface area (Å²) >= 11 is 0. The molecule has 2 heterocycles. The van der Waals surface area contributed by atoms with Gasteiger partial charge in [0.15, 0.2) is 6.29 Å². The summed E-state index contributed by atoms with van der Waals surface area (Å²) in [6.07, 6.45) is 3.30. The molecule has 2 rings (SSSR count). The van der Waals surface area contributed by atoms with Crippen LogP contribution in [0.2, 0.25) is 0 Å². The summed E-state index contributed by atoms with van der Waals surface area (Å²) in [5.74, 6) is 0.393. The molecule has 0 aliphatic carbocycles. The average molecular weight is 207 g/mol. The Morgan fingerprint density at radius 1 is 1.60 bits per heavy atom. The minimum absolute atomic E-state index is 0.209. The first-order valence-corrected chi connectivity index (χ1v) is 5.03. The zero-order valence-electron chi connectivity index (χ0n) is 8.39. The Kier molecular flexibility index (Phi) is 2.97. The highest BCUT2D eigenvalue weighted by molar-refractivity contribution is 5.73. The molecule has 1 aliphatic rings. The lowest BCUT2D eigenvalue weighted by atomic mass is 10.1. The summed E-state index contributed by atoms with van der Waals surface area (Å²) in [5, 5.41) is 0. The number of pyridine rings is 1. The Balaban J connectivity index is 2.20. The van der Waals surface area contributed by atoms with Crippen molar-refractivity contribution >= 4 is 6.29 Å². The number of carbonyl (C=O) groups is 1. The number of hydrogen-bond donors (Lipinski definition) is 0. The summed E-state index contributed by atoms with van der Waals surface area (Å²) in [6, 6.07) is 3.26. The molecule has 0 bridgehead atoms. The van der Waals surface area contributed by atoms with Crippen molar-refractivity contribution in [1.29, 1.82) is 0 Å². The molecular weight excluding hydrogens is 194 g/mol. The third-order valence-electron chi connectivity index (χ3n) is 2.66. The minimum atomic E-state index is -0.209. The van der Waals surface area contributed by atoms with Crippen LogP contribution < -0.4 is 5.56 Å². The molecule has 0 saturated carbocycles. The first-order chi connectivity index (χ1) is 7.31. The monoisotopic (exact) mass is 207 g/mol. The lowest BCUT2D eigenvalue weighted by molar-refractivity contribution is 0.112. The lowest BCUT2D eigenvalue weighted by Gasteiger charge is -2.10. The molecule has 4 heteroatoms. The summed E-state index contributed by atoms with van der Waals surface area (Å²) < 4.78 is 6.83. The normalized spacial score (nSPS) is 20.4. The molecule has 0 N–H and O–H groups in total. The predicted molar refractivity (Wildman–Crippen MR) is 55.0 cm³/mol. The number of aldehydes is 1. The average Bonchev–Trinajstić information content (AvgIpc) is 2.74. The molecule has 0 spiro atoms. The SMILES string of the molecule is O=Cc1cccn(C[C@H]2CCOC2)c1=O. The smallest absolute Gasteiger partial charge is 0.261 e. The third kappa shape index (κ3) is 2.15. The van der Waals surface area contributed by atoms with Gasteiger partial charge >= 0.3 is 0 Å². The highest BCUT2D eigenvalue weighted by atomic mass is 16.5. The molecule has 15 heavy (non-hydrogen) atoms. The number of rotatable bonds is 3. The van der Waals surface area contributed by atoms with E-state index in [-0.39, 0.29) is 11.1 Å². The summed E-state index contributed by atoms with van der Waals surface area (Å²) in [4.78, 5) is 22.3. The van der Waals surface area contributed by atoms with Crippen molar-refractivity contribution in [2.75, 3.05) is 13.2 Å². The molecule has 0 radical (unpaired) electrons. The van der Waals surface area contributed by atoms with Gasteiger partial charge in [-0.15, -0.1) is 0 Å². The maximum atomic E-state index is 11.7. The first-order valence-electron chi connectivity index (χ1n) is 5.03. The predicted octanol–water partition coefficient (Wildman–Crippen LogP) is 0.697. The van der Waals surface area contributed by atoms with E-state index in [1.54, 1.807) is 16.8 Å². The van der Waals surface area contributed by atoms with E-state index < -0.39 is 0 Å². The van der Waals surface area contributed by atoms with Crippen molar-refractivity contribution in [2.24, 2.45) is 5.92 Å². The molecule has 1 aromatic rings. The second-order valence-corrected chi connectivity index (χ2v) is 3.77. The third-order valence-corrected chi connectivity index (χ3v) is 2.66. The van der Waals surface area contributed by atoms with E-state index in [0.717, 1.165) is 13.0 Å². The van der Waals surface area contributed by atoms with E-state index in [9.17, 15) is 9.59 Å². The molecular formula is C11H13NO3. The molecule has 1 saturated heterocycles. The maximum absolute atomic E-state index is 11.7. The molecule has 0 aromatic carbocycles. The Morgan fingerprint density at radius 2 is 2.47 bits per heavy atom. The fraction of sp³-hybridized carbons (Fsp3) is 0.455. The van der Waals surface area contributed by atoms with Gasteiger partial charge in [-0.3, -0.25) is 9.59 Å². The van der Waals surface area contributed by atoms with Gasteiger partial charge in [-0.25, -0.2) is 0 Å². The number of carbonyl (C=O) groups excluding carboxylic acids is 1. The van der Waals surface area contributed by atoms with Crippen molar-refractivity contribution in [2.45, 2.75) is 13.0 Å². The van der Waals surface area contributed by atoms with E-state index in [4.69, 9.17) is 4.74 Å².